The van der Waals surface area contributed by atoms with Crippen molar-refractivity contribution in [2.24, 2.45) is 11.8 Å². The van der Waals surface area contributed by atoms with Crippen LogP contribution in [0.4, 0.5) is 0 Å². The van der Waals surface area contributed by atoms with Gasteiger partial charge in [0.1, 0.15) is 11.4 Å². The van der Waals surface area contributed by atoms with Crippen molar-refractivity contribution in [3.8, 4) is 0 Å². The van der Waals surface area contributed by atoms with Crippen LogP contribution >= 0.6 is 0 Å². The van der Waals surface area contributed by atoms with Crippen LogP contribution in [0.25, 0.3) is 0 Å². The molecule has 0 amide bonds. The Balaban J connectivity index is 0. The normalized spacial score (nSPS) is 22.2. The minimum Gasteiger partial charge on any atom is -0.516 e. The highest BCUT2D eigenvalue weighted by atomic mass is 16.5. The molecule has 2 heteroatoms. The Morgan fingerprint density at radius 1 is 1.10 bits per heavy atom. The number of allylic oxidation sites excluding steroid dienone is 6. The highest BCUT2D eigenvalue weighted by Gasteiger charge is 2.40. The second-order valence-electron chi connectivity index (χ2n) is 7.50. The third kappa shape index (κ3) is 10.8. The third-order valence-electron chi connectivity index (χ3n) is 5.11. The van der Waals surface area contributed by atoms with Gasteiger partial charge in [-0.2, -0.15) is 0 Å². The van der Waals surface area contributed by atoms with Gasteiger partial charge in [-0.1, -0.05) is 73.0 Å². The Morgan fingerprint density at radius 3 is 2.28 bits per heavy atom. The van der Waals surface area contributed by atoms with Crippen molar-refractivity contribution in [1.82, 2.24) is 0 Å². The van der Waals surface area contributed by atoms with Crippen LogP contribution in [0, 0.1) is 11.8 Å². The van der Waals surface area contributed by atoms with Gasteiger partial charge >= 0.3 is 0 Å². The molecular formula is C27H50O2. The van der Waals surface area contributed by atoms with Gasteiger partial charge in [0.05, 0.1) is 6.26 Å². The van der Waals surface area contributed by atoms with Gasteiger partial charge in [-0.25, -0.2) is 0 Å². The number of hydrogen-bond acceptors (Lipinski definition) is 2. The summed E-state index contributed by atoms with van der Waals surface area (Å²) >= 11 is 0. The molecule has 170 valence electrons. The molecule has 2 aliphatic rings. The average Bonchev–Trinajstić information content (AvgIpc) is 2.72. The number of ether oxygens (including phenoxy) is 1. The predicted molar refractivity (Wildman–Crippen MR) is 131 cm³/mol. The molecule has 2 nitrogen and oxygen atoms in total. The van der Waals surface area contributed by atoms with Crippen molar-refractivity contribution in [3.05, 3.63) is 47.5 Å². The first-order valence-corrected chi connectivity index (χ1v) is 12.1. The molecule has 1 N–H and O–H groups in total. The van der Waals surface area contributed by atoms with Crippen LogP contribution in [0.5, 0.6) is 0 Å². The molecular weight excluding hydrogens is 356 g/mol. The summed E-state index contributed by atoms with van der Waals surface area (Å²) in [5.41, 5.74) is 2.49. The van der Waals surface area contributed by atoms with Crippen molar-refractivity contribution in [2.75, 3.05) is 0 Å². The lowest BCUT2D eigenvalue weighted by molar-refractivity contribution is -0.0421. The van der Waals surface area contributed by atoms with Crippen LogP contribution in [0.15, 0.2) is 47.5 Å². The van der Waals surface area contributed by atoms with Crippen molar-refractivity contribution in [1.29, 1.82) is 0 Å². The standard InChI is InChI=1S/C21H32O2.3C2H6/c1-5-6-7-8-17(11-12-22)14-19-15-18-13-16(2)9-10-20(18)21(3,4)23-19;3*1-2/h11-15,18,20,22H,5-10H2,1-4H3;3*1-2H3/b12-11+,17-14-;;;. The molecule has 0 saturated carbocycles. The Kier molecular flexibility index (Phi) is 17.9. The molecule has 0 fully saturated rings. The molecule has 0 aromatic heterocycles. The molecule has 2 unspecified atom stereocenters. The monoisotopic (exact) mass is 406 g/mol. The Labute approximate surface area is 182 Å². The molecule has 2 rings (SSSR count). The van der Waals surface area contributed by atoms with E-state index in [1.165, 1.54) is 31.3 Å². The van der Waals surface area contributed by atoms with E-state index in [0.29, 0.717) is 11.8 Å². The molecule has 1 heterocycles. The van der Waals surface area contributed by atoms with Crippen LogP contribution in [-0.2, 0) is 4.74 Å². The van der Waals surface area contributed by atoms with E-state index in [9.17, 15) is 0 Å². The van der Waals surface area contributed by atoms with Gasteiger partial charge in [0.15, 0.2) is 0 Å². The van der Waals surface area contributed by atoms with Gasteiger partial charge in [0, 0.05) is 11.8 Å². The van der Waals surface area contributed by atoms with E-state index < -0.39 is 0 Å². The van der Waals surface area contributed by atoms with Gasteiger partial charge in [0.25, 0.3) is 0 Å². The maximum absolute atomic E-state index is 9.16. The maximum atomic E-state index is 9.16. The van der Waals surface area contributed by atoms with Gasteiger partial charge in [-0.15, -0.1) is 0 Å². The average molecular weight is 407 g/mol. The van der Waals surface area contributed by atoms with Crippen LogP contribution in [0.3, 0.4) is 0 Å². The van der Waals surface area contributed by atoms with Crippen molar-refractivity contribution >= 4 is 0 Å². The number of aliphatic hydroxyl groups excluding tert-OH is 1. The van der Waals surface area contributed by atoms with E-state index in [1.54, 1.807) is 6.08 Å². The fourth-order valence-electron chi connectivity index (χ4n) is 3.82. The lowest BCUT2D eigenvalue weighted by atomic mass is 9.71. The summed E-state index contributed by atoms with van der Waals surface area (Å²) in [5.74, 6) is 1.97. The highest BCUT2D eigenvalue weighted by molar-refractivity contribution is 5.31. The van der Waals surface area contributed by atoms with Crippen LogP contribution in [-0.4, -0.2) is 10.7 Å². The van der Waals surface area contributed by atoms with Gasteiger partial charge in [0.2, 0.25) is 0 Å². The highest BCUT2D eigenvalue weighted by Crippen LogP contribution is 2.44. The zero-order valence-electron chi connectivity index (χ0n) is 21.1. The smallest absolute Gasteiger partial charge is 0.117 e. The second kappa shape index (κ2) is 17.4. The van der Waals surface area contributed by atoms with Crippen molar-refractivity contribution < 1.29 is 9.84 Å². The third-order valence-corrected chi connectivity index (χ3v) is 5.11. The Morgan fingerprint density at radius 2 is 1.72 bits per heavy atom. The van der Waals surface area contributed by atoms with E-state index in [-0.39, 0.29) is 5.60 Å². The number of aliphatic hydroxyl groups is 1. The predicted octanol–water partition coefficient (Wildman–Crippen LogP) is 9.31. The first-order valence-electron chi connectivity index (χ1n) is 12.1. The lowest BCUT2D eigenvalue weighted by Gasteiger charge is -2.44. The summed E-state index contributed by atoms with van der Waals surface area (Å²) in [6.07, 6.45) is 16.7. The van der Waals surface area contributed by atoms with Crippen LogP contribution in [0.2, 0.25) is 0 Å². The van der Waals surface area contributed by atoms with E-state index in [1.807, 2.05) is 41.5 Å². The summed E-state index contributed by atoms with van der Waals surface area (Å²) in [6.45, 7) is 20.8. The quantitative estimate of drug-likeness (QED) is 0.206. The SMILES string of the molecule is CC.CC.CC.CCCCCC(=C/C1=CC2C=C(C)CCC2C(C)(C)O1)/C=C/O. The minimum atomic E-state index is -0.139. The second-order valence-corrected chi connectivity index (χ2v) is 7.50. The number of rotatable bonds is 6. The molecule has 0 radical (unpaired) electrons. The molecule has 0 bridgehead atoms. The van der Waals surface area contributed by atoms with Gasteiger partial charge < -0.3 is 9.84 Å². The first-order chi connectivity index (χ1) is 14.0. The summed E-state index contributed by atoms with van der Waals surface area (Å²) < 4.78 is 6.30. The van der Waals surface area contributed by atoms with E-state index in [2.05, 4.69) is 45.9 Å². The maximum Gasteiger partial charge on any atom is 0.117 e. The molecule has 0 aromatic rings. The molecule has 0 aromatic carbocycles. The molecule has 1 aliphatic carbocycles. The Hall–Kier alpha value is -1.44. The largest absolute Gasteiger partial charge is 0.516 e. The van der Waals surface area contributed by atoms with E-state index in [0.717, 1.165) is 30.4 Å². The van der Waals surface area contributed by atoms with E-state index >= 15 is 0 Å². The zero-order valence-corrected chi connectivity index (χ0v) is 21.1. The minimum absolute atomic E-state index is 0.139. The van der Waals surface area contributed by atoms with Crippen LogP contribution in [0.1, 0.15) is 108 Å². The van der Waals surface area contributed by atoms with Crippen molar-refractivity contribution in [3.63, 3.8) is 0 Å². The molecule has 2 atom stereocenters. The summed E-state index contributed by atoms with van der Waals surface area (Å²) in [7, 11) is 0. The molecule has 0 saturated heterocycles. The fraction of sp³-hybridized carbons (Fsp3) is 0.704. The van der Waals surface area contributed by atoms with E-state index in [4.69, 9.17) is 9.84 Å². The zero-order chi connectivity index (χ0) is 22.9. The van der Waals surface area contributed by atoms with Crippen molar-refractivity contribution in [2.45, 2.75) is 113 Å². The topological polar surface area (TPSA) is 29.5 Å². The molecule has 0 spiro atoms. The van der Waals surface area contributed by atoms with Crippen LogP contribution < -0.4 is 0 Å². The van der Waals surface area contributed by atoms with Gasteiger partial charge in [-0.3, -0.25) is 0 Å². The molecule has 1 aliphatic heterocycles. The lowest BCUT2D eigenvalue weighted by Crippen LogP contribution is -2.42. The summed E-state index contributed by atoms with van der Waals surface area (Å²) in [4.78, 5) is 0. The summed E-state index contributed by atoms with van der Waals surface area (Å²) in [6, 6.07) is 0. The number of unbranched alkanes of at least 4 members (excludes halogenated alkanes) is 2. The molecule has 29 heavy (non-hydrogen) atoms. The number of hydrogen-bond donors (Lipinski definition) is 1. The van der Waals surface area contributed by atoms with Gasteiger partial charge in [-0.05, 0) is 70.3 Å². The number of fused-ring (bicyclic) bond motifs is 1. The first kappa shape index (κ1) is 29.8. The fourth-order valence-corrected chi connectivity index (χ4v) is 3.82. The Bertz CT molecular complexity index is 521. The summed E-state index contributed by atoms with van der Waals surface area (Å²) in [5, 5.41) is 9.16.